The van der Waals surface area contributed by atoms with Gasteiger partial charge in [0.05, 0.1) is 22.2 Å². The molecule has 1 atom stereocenters. The number of anilines is 1. The molecule has 2 heterocycles. The number of benzene rings is 3. The van der Waals surface area contributed by atoms with Gasteiger partial charge < -0.3 is 9.84 Å². The molecule has 1 amide bonds. The zero-order chi connectivity index (χ0) is 28.7. The number of halogens is 2. The smallest absolute Gasteiger partial charge is 0.412 e. The molecule has 1 aliphatic carbocycles. The fraction of sp³-hybridized carbons (Fsp3) is 0.156. The molecule has 3 aromatic carbocycles. The molecule has 6 nitrogen and oxygen atoms in total. The van der Waals surface area contributed by atoms with Gasteiger partial charge in [-0.25, -0.2) is 14.2 Å². The minimum atomic E-state index is -0.779. The summed E-state index contributed by atoms with van der Waals surface area (Å²) in [6.45, 7) is 1.73. The van der Waals surface area contributed by atoms with E-state index in [-0.39, 0.29) is 0 Å². The van der Waals surface area contributed by atoms with Gasteiger partial charge in [0.15, 0.2) is 0 Å². The molecule has 41 heavy (non-hydrogen) atoms. The number of nitrogens with one attached hydrogen (secondary N) is 1. The van der Waals surface area contributed by atoms with Crippen molar-refractivity contribution in [2.75, 3.05) is 5.32 Å². The molecule has 0 radical (unpaired) electrons. The van der Waals surface area contributed by atoms with Gasteiger partial charge in [-0.1, -0.05) is 78.3 Å². The molecule has 1 fully saturated rings. The highest BCUT2D eigenvalue weighted by Gasteiger charge is 2.51. The fourth-order valence-electron chi connectivity index (χ4n) is 4.99. The van der Waals surface area contributed by atoms with Crippen molar-refractivity contribution in [3.05, 3.63) is 107 Å². The van der Waals surface area contributed by atoms with Crippen molar-refractivity contribution in [2.45, 2.75) is 31.3 Å². The first kappa shape index (κ1) is 26.9. The van der Waals surface area contributed by atoms with Gasteiger partial charge in [-0.2, -0.15) is 0 Å². The molecule has 0 spiro atoms. The van der Waals surface area contributed by atoms with E-state index in [4.69, 9.17) is 16.3 Å². The number of aromatic nitrogens is 1. The molecule has 0 saturated heterocycles. The predicted molar refractivity (Wildman–Crippen MR) is 159 cm³/mol. The number of pyridine rings is 1. The van der Waals surface area contributed by atoms with Gasteiger partial charge >= 0.3 is 12.1 Å². The highest BCUT2D eigenvalue weighted by Crippen LogP contribution is 2.49. The maximum Gasteiger partial charge on any atom is 0.412 e. The standard InChI is InChI=1S/C32H24ClFN2O4S/c1-18(24-4-2-3-5-26(24)33)40-31(39)36-27-25-16-23(34)17-35-29(25)41-28(27)21-8-6-19(7-9-21)20-10-12-22(13-11-20)32(14-15-32)30(37)38/h2-13,16-18H,14-15H2,1H3,(H,36,39)(H,37,38)/t18-/m1/s1. The summed E-state index contributed by atoms with van der Waals surface area (Å²) >= 11 is 7.60. The minimum Gasteiger partial charge on any atom is -0.481 e. The molecular formula is C32H24ClFN2O4S. The van der Waals surface area contributed by atoms with Gasteiger partial charge in [0.25, 0.3) is 0 Å². The van der Waals surface area contributed by atoms with Crippen LogP contribution in [-0.4, -0.2) is 22.2 Å². The molecule has 2 aromatic heterocycles. The van der Waals surface area contributed by atoms with Crippen LogP contribution in [0.1, 0.15) is 37.0 Å². The first-order chi connectivity index (χ1) is 19.7. The molecule has 2 N–H and O–H groups in total. The molecular weight excluding hydrogens is 563 g/mol. The Morgan fingerprint density at radius 2 is 1.66 bits per heavy atom. The van der Waals surface area contributed by atoms with Crippen LogP contribution in [0.15, 0.2) is 85.1 Å². The molecule has 0 bridgehead atoms. The largest absolute Gasteiger partial charge is 0.481 e. The highest BCUT2D eigenvalue weighted by molar-refractivity contribution is 7.22. The van der Waals surface area contributed by atoms with Crippen LogP contribution in [-0.2, 0) is 14.9 Å². The third-order valence-corrected chi connectivity index (χ3v) is 8.95. The second-order valence-corrected chi connectivity index (χ2v) is 11.5. The number of fused-ring (bicyclic) bond motifs is 1. The van der Waals surface area contributed by atoms with Crippen molar-refractivity contribution in [1.82, 2.24) is 4.98 Å². The van der Waals surface area contributed by atoms with Crippen LogP contribution in [0.2, 0.25) is 5.02 Å². The number of rotatable bonds is 7. The molecule has 9 heteroatoms. The minimum absolute atomic E-state index is 0.411. The van der Waals surface area contributed by atoms with Crippen LogP contribution < -0.4 is 5.32 Å². The number of carbonyl (C=O) groups is 2. The molecule has 6 rings (SSSR count). The molecule has 0 unspecified atom stereocenters. The Morgan fingerprint density at radius 3 is 2.29 bits per heavy atom. The fourth-order valence-corrected chi connectivity index (χ4v) is 6.37. The molecule has 206 valence electrons. The lowest BCUT2D eigenvalue weighted by Gasteiger charge is -2.16. The Morgan fingerprint density at radius 1 is 1.02 bits per heavy atom. The number of hydrogen-bond donors (Lipinski definition) is 2. The zero-order valence-electron chi connectivity index (χ0n) is 21.9. The van der Waals surface area contributed by atoms with E-state index in [2.05, 4.69) is 10.3 Å². The predicted octanol–water partition coefficient (Wildman–Crippen LogP) is 8.85. The Labute approximate surface area is 244 Å². The Kier molecular flexibility index (Phi) is 6.97. The van der Waals surface area contributed by atoms with Crippen molar-refractivity contribution in [3.63, 3.8) is 0 Å². The lowest BCUT2D eigenvalue weighted by molar-refractivity contribution is -0.140. The number of carboxylic acids is 1. The third-order valence-electron chi connectivity index (χ3n) is 7.44. The van der Waals surface area contributed by atoms with E-state index in [0.717, 1.165) is 28.5 Å². The lowest BCUT2D eigenvalue weighted by atomic mass is 9.93. The Balaban J connectivity index is 1.28. The van der Waals surface area contributed by atoms with Gasteiger partial charge in [0.1, 0.15) is 16.8 Å². The lowest BCUT2D eigenvalue weighted by Crippen LogP contribution is -2.19. The summed E-state index contributed by atoms with van der Waals surface area (Å²) in [5, 5.41) is 13.3. The third kappa shape index (κ3) is 5.16. The van der Waals surface area contributed by atoms with Crippen LogP contribution in [0.5, 0.6) is 0 Å². The number of ether oxygens (including phenoxy) is 1. The first-order valence-corrected chi connectivity index (χ1v) is 14.2. The topological polar surface area (TPSA) is 88.5 Å². The molecule has 5 aromatic rings. The van der Waals surface area contributed by atoms with E-state index in [1.54, 1.807) is 25.1 Å². The number of carbonyl (C=O) groups excluding carboxylic acids is 1. The van der Waals surface area contributed by atoms with E-state index >= 15 is 0 Å². The maximum absolute atomic E-state index is 14.2. The van der Waals surface area contributed by atoms with Crippen molar-refractivity contribution in [3.8, 4) is 21.6 Å². The summed E-state index contributed by atoms with van der Waals surface area (Å²) in [5.41, 5.74) is 3.88. The average molecular weight is 587 g/mol. The van der Waals surface area contributed by atoms with E-state index in [0.29, 0.717) is 44.2 Å². The summed E-state index contributed by atoms with van der Waals surface area (Å²) in [5.74, 6) is -1.30. The van der Waals surface area contributed by atoms with E-state index in [1.165, 1.54) is 17.4 Å². The SMILES string of the molecule is C[C@@H](OC(=O)Nc1c(-c2ccc(-c3ccc(C4(C(=O)O)CC4)cc3)cc2)sc2ncc(F)cc12)c1ccccc1Cl. The van der Waals surface area contributed by atoms with Crippen LogP contribution in [0.3, 0.4) is 0 Å². The summed E-state index contributed by atoms with van der Waals surface area (Å²) in [4.78, 5) is 30.1. The number of thiophene rings is 1. The number of hydrogen-bond acceptors (Lipinski definition) is 5. The van der Waals surface area contributed by atoms with Crippen molar-refractivity contribution in [2.24, 2.45) is 0 Å². The van der Waals surface area contributed by atoms with Gasteiger partial charge in [0.2, 0.25) is 0 Å². The van der Waals surface area contributed by atoms with Crippen LogP contribution in [0.25, 0.3) is 31.8 Å². The number of nitrogens with zero attached hydrogens (tertiary/aromatic N) is 1. The quantitative estimate of drug-likeness (QED) is 0.199. The first-order valence-electron chi connectivity index (χ1n) is 13.0. The number of aliphatic carboxylic acids is 1. The second kappa shape index (κ2) is 10.6. The highest BCUT2D eigenvalue weighted by atomic mass is 35.5. The van der Waals surface area contributed by atoms with Crippen molar-refractivity contribution in [1.29, 1.82) is 0 Å². The van der Waals surface area contributed by atoms with E-state index < -0.39 is 29.4 Å². The van der Waals surface area contributed by atoms with Gasteiger partial charge in [-0.3, -0.25) is 10.1 Å². The van der Waals surface area contributed by atoms with Crippen molar-refractivity contribution < 1.29 is 23.8 Å². The normalized spacial score (nSPS) is 14.4. The van der Waals surface area contributed by atoms with Gasteiger partial charge in [-0.15, -0.1) is 11.3 Å². The molecule has 1 saturated carbocycles. The maximum atomic E-state index is 14.2. The van der Waals surface area contributed by atoms with Crippen LogP contribution in [0.4, 0.5) is 14.9 Å². The van der Waals surface area contributed by atoms with Crippen molar-refractivity contribution >= 4 is 50.9 Å². The zero-order valence-corrected chi connectivity index (χ0v) is 23.4. The summed E-state index contributed by atoms with van der Waals surface area (Å²) in [6.07, 6.45) is 1.16. The number of amides is 1. The summed E-state index contributed by atoms with van der Waals surface area (Å²) < 4.78 is 19.8. The Bertz CT molecular complexity index is 1780. The van der Waals surface area contributed by atoms with E-state index in [1.807, 2.05) is 54.6 Å². The summed E-state index contributed by atoms with van der Waals surface area (Å²) in [7, 11) is 0. The van der Waals surface area contributed by atoms with Crippen LogP contribution in [0, 0.1) is 5.82 Å². The molecule has 1 aliphatic rings. The number of carboxylic acid groups (broad SMARTS) is 1. The van der Waals surface area contributed by atoms with Gasteiger partial charge in [0, 0.05) is 16.0 Å². The second-order valence-electron chi connectivity index (χ2n) is 10.0. The monoisotopic (exact) mass is 586 g/mol. The Hall–Kier alpha value is -4.27. The van der Waals surface area contributed by atoms with E-state index in [9.17, 15) is 19.1 Å². The molecule has 0 aliphatic heterocycles. The average Bonchev–Trinajstić information content (AvgIpc) is 3.72. The van der Waals surface area contributed by atoms with Crippen LogP contribution >= 0.6 is 22.9 Å². The summed E-state index contributed by atoms with van der Waals surface area (Å²) in [6, 6.07) is 23.9. The van der Waals surface area contributed by atoms with Gasteiger partial charge in [-0.05, 0) is 54.2 Å².